The van der Waals surface area contributed by atoms with Crippen LogP contribution in [-0.2, 0) is 9.53 Å². The van der Waals surface area contributed by atoms with Crippen molar-refractivity contribution in [3.63, 3.8) is 0 Å². The van der Waals surface area contributed by atoms with Crippen molar-refractivity contribution in [3.05, 3.63) is 42.5 Å². The first-order chi connectivity index (χ1) is 16.5. The Kier molecular flexibility index (Phi) is 6.04. The molecule has 5 rings (SSSR count). The Labute approximate surface area is 194 Å². The Bertz CT molecular complexity index is 1190. The van der Waals surface area contributed by atoms with Gasteiger partial charge in [-0.25, -0.2) is 19.3 Å². The van der Waals surface area contributed by atoms with Crippen LogP contribution in [-0.4, -0.2) is 58.8 Å². The molecule has 3 N–H and O–H groups in total. The van der Waals surface area contributed by atoms with E-state index in [2.05, 4.69) is 40.8 Å². The summed E-state index contributed by atoms with van der Waals surface area (Å²) >= 11 is 0. The Morgan fingerprint density at radius 1 is 1.18 bits per heavy atom. The van der Waals surface area contributed by atoms with Gasteiger partial charge < -0.3 is 30.3 Å². The molecule has 3 aromatic heterocycles. The highest BCUT2D eigenvalue weighted by Gasteiger charge is 2.19. The number of nitrogens with zero attached hydrogens (tertiary/aromatic N) is 5. The number of hydrogen-bond acceptors (Lipinski definition) is 10. The van der Waals surface area contributed by atoms with E-state index in [0.717, 1.165) is 38.0 Å². The Morgan fingerprint density at radius 3 is 2.88 bits per heavy atom. The van der Waals surface area contributed by atoms with Gasteiger partial charge in [0.05, 0.1) is 24.2 Å². The minimum atomic E-state index is -0.658. The highest BCUT2D eigenvalue weighted by Crippen LogP contribution is 2.28. The molecule has 5 heterocycles. The van der Waals surface area contributed by atoms with Crippen LogP contribution >= 0.6 is 0 Å². The monoisotopic (exact) mass is 466 g/mol. The third-order valence-electron chi connectivity index (χ3n) is 5.36. The van der Waals surface area contributed by atoms with Gasteiger partial charge in [-0.3, -0.25) is 4.79 Å². The van der Waals surface area contributed by atoms with Crippen LogP contribution in [0.4, 0.5) is 39.3 Å². The Hall–Kier alpha value is -4.06. The first kappa shape index (κ1) is 21.8. The van der Waals surface area contributed by atoms with E-state index in [9.17, 15) is 9.18 Å². The maximum absolute atomic E-state index is 14.3. The summed E-state index contributed by atoms with van der Waals surface area (Å²) in [5, 5.41) is 8.43. The molecule has 11 nitrogen and oxygen atoms in total. The summed E-state index contributed by atoms with van der Waals surface area (Å²) in [5.41, 5.74) is 0.651. The van der Waals surface area contributed by atoms with Crippen molar-refractivity contribution in [3.8, 4) is 5.75 Å². The molecule has 0 aromatic carbocycles. The Morgan fingerprint density at radius 2 is 2.09 bits per heavy atom. The smallest absolute Gasteiger partial charge is 0.263 e. The number of nitrogens with one attached hydrogen (secondary N) is 3. The number of likely N-dealkylation sites (N-methyl/N-ethyl adjacent to an activating group) is 1. The van der Waals surface area contributed by atoms with Crippen molar-refractivity contribution in [1.82, 2.24) is 19.9 Å². The van der Waals surface area contributed by atoms with E-state index in [1.54, 1.807) is 18.3 Å². The summed E-state index contributed by atoms with van der Waals surface area (Å²) in [5.74, 6) is 0.933. The fourth-order valence-corrected chi connectivity index (χ4v) is 3.67. The van der Waals surface area contributed by atoms with Gasteiger partial charge in [0, 0.05) is 20.2 Å². The lowest BCUT2D eigenvalue weighted by Gasteiger charge is -2.21. The molecule has 1 fully saturated rings. The summed E-state index contributed by atoms with van der Waals surface area (Å²) in [7, 11) is 1.98. The SMILES string of the molecule is CN(C[C@@H]1CCCO1)c1ccc(Nc2ncc(F)c(Nc3ccc4c(n3)NC(=O)CO4)n2)cn1. The second-order valence-electron chi connectivity index (χ2n) is 7.94. The molecule has 3 aromatic rings. The van der Waals surface area contributed by atoms with Crippen molar-refractivity contribution in [2.45, 2.75) is 18.9 Å². The molecule has 1 atom stereocenters. The summed E-state index contributed by atoms with van der Waals surface area (Å²) in [6.45, 7) is 1.53. The first-order valence-corrected chi connectivity index (χ1v) is 10.8. The molecule has 2 aliphatic rings. The average Bonchev–Trinajstić information content (AvgIpc) is 3.34. The zero-order valence-electron chi connectivity index (χ0n) is 18.4. The van der Waals surface area contributed by atoms with E-state index in [4.69, 9.17) is 9.47 Å². The average molecular weight is 466 g/mol. The van der Waals surface area contributed by atoms with E-state index in [-0.39, 0.29) is 42.0 Å². The number of carbonyl (C=O) groups excluding carboxylic acids is 1. The molecule has 1 amide bonds. The Balaban J connectivity index is 1.26. The predicted molar refractivity (Wildman–Crippen MR) is 123 cm³/mol. The van der Waals surface area contributed by atoms with Crippen LogP contribution in [0.2, 0.25) is 0 Å². The third-order valence-corrected chi connectivity index (χ3v) is 5.36. The topological polar surface area (TPSA) is 126 Å². The number of aromatic nitrogens is 4. The number of pyridine rings is 2. The summed E-state index contributed by atoms with van der Waals surface area (Å²) in [4.78, 5) is 30.5. The van der Waals surface area contributed by atoms with Gasteiger partial charge in [-0.05, 0) is 37.1 Å². The largest absolute Gasteiger partial charge is 0.480 e. The number of hydrogen-bond donors (Lipinski definition) is 3. The first-order valence-electron chi connectivity index (χ1n) is 10.8. The number of rotatable bonds is 7. The molecule has 2 aliphatic heterocycles. The van der Waals surface area contributed by atoms with Gasteiger partial charge in [-0.1, -0.05) is 0 Å². The second kappa shape index (κ2) is 9.43. The van der Waals surface area contributed by atoms with Crippen molar-refractivity contribution in [2.24, 2.45) is 0 Å². The van der Waals surface area contributed by atoms with E-state index >= 15 is 0 Å². The van der Waals surface area contributed by atoms with Crippen LogP contribution in [0.3, 0.4) is 0 Å². The van der Waals surface area contributed by atoms with E-state index in [1.807, 2.05) is 19.2 Å². The molecular formula is C22H23FN8O3. The third kappa shape index (κ3) is 4.96. The number of anilines is 6. The molecule has 0 aliphatic carbocycles. The molecule has 0 saturated carbocycles. The summed E-state index contributed by atoms with van der Waals surface area (Å²) in [6.07, 6.45) is 5.10. The van der Waals surface area contributed by atoms with Crippen LogP contribution < -0.4 is 25.6 Å². The van der Waals surface area contributed by atoms with Gasteiger partial charge in [-0.2, -0.15) is 4.98 Å². The number of ether oxygens (including phenoxy) is 2. The highest BCUT2D eigenvalue weighted by atomic mass is 19.1. The number of carbonyl (C=O) groups is 1. The predicted octanol–water partition coefficient (Wildman–Crippen LogP) is 2.84. The summed E-state index contributed by atoms with van der Waals surface area (Å²) < 4.78 is 25.3. The lowest BCUT2D eigenvalue weighted by Crippen LogP contribution is -2.29. The fourth-order valence-electron chi connectivity index (χ4n) is 3.67. The number of amides is 1. The molecule has 1 saturated heterocycles. The minimum absolute atomic E-state index is 0.0713. The van der Waals surface area contributed by atoms with Crippen molar-refractivity contribution < 1.29 is 18.7 Å². The zero-order valence-corrected chi connectivity index (χ0v) is 18.4. The van der Waals surface area contributed by atoms with Crippen molar-refractivity contribution >= 4 is 40.8 Å². The molecule has 12 heteroatoms. The molecule has 0 unspecified atom stereocenters. The number of fused-ring (bicyclic) bond motifs is 1. The van der Waals surface area contributed by atoms with Gasteiger partial charge in [-0.15, -0.1) is 0 Å². The zero-order chi connectivity index (χ0) is 23.5. The van der Waals surface area contributed by atoms with Gasteiger partial charge in [0.2, 0.25) is 5.95 Å². The van der Waals surface area contributed by atoms with E-state index in [1.165, 1.54) is 0 Å². The lowest BCUT2D eigenvalue weighted by atomic mass is 10.2. The molecular weight excluding hydrogens is 443 g/mol. The molecule has 0 spiro atoms. The summed E-state index contributed by atoms with van der Waals surface area (Å²) in [6, 6.07) is 6.96. The maximum atomic E-state index is 14.3. The van der Waals surface area contributed by atoms with Crippen molar-refractivity contribution in [2.75, 3.05) is 47.7 Å². The van der Waals surface area contributed by atoms with E-state index < -0.39 is 5.82 Å². The van der Waals surface area contributed by atoms with Crippen molar-refractivity contribution in [1.29, 1.82) is 0 Å². The van der Waals surface area contributed by atoms with Gasteiger partial charge >= 0.3 is 0 Å². The number of halogens is 1. The molecule has 34 heavy (non-hydrogen) atoms. The maximum Gasteiger partial charge on any atom is 0.263 e. The van der Waals surface area contributed by atoms with Crippen LogP contribution in [0.5, 0.6) is 5.75 Å². The van der Waals surface area contributed by atoms with Gasteiger partial charge in [0.15, 0.2) is 29.8 Å². The van der Waals surface area contributed by atoms with Gasteiger partial charge in [0.1, 0.15) is 11.6 Å². The molecule has 176 valence electrons. The van der Waals surface area contributed by atoms with Crippen LogP contribution in [0.15, 0.2) is 36.7 Å². The molecule has 0 bridgehead atoms. The molecule has 0 radical (unpaired) electrons. The normalized spacial score (nSPS) is 16.9. The standard InChI is InChI=1S/C22H23FN8O3/c1-31(11-14-3-2-8-33-14)18-7-4-13(9-24-18)26-22-25-10-15(23)20(30-22)27-17-6-5-16-21(28-17)29-19(32)12-34-16/h4-7,9-10,14H,2-3,8,11-12H2,1H3,(H3,25,26,27,28,29,30,32)/t14-/m0/s1. The highest BCUT2D eigenvalue weighted by molar-refractivity contribution is 5.94. The van der Waals surface area contributed by atoms with Crippen LogP contribution in [0.25, 0.3) is 0 Å². The van der Waals surface area contributed by atoms with E-state index in [0.29, 0.717) is 11.4 Å². The lowest BCUT2D eigenvalue weighted by molar-refractivity contribution is -0.118. The van der Waals surface area contributed by atoms with Crippen LogP contribution in [0, 0.1) is 5.82 Å². The van der Waals surface area contributed by atoms with Gasteiger partial charge in [0.25, 0.3) is 5.91 Å². The van der Waals surface area contributed by atoms with Crippen LogP contribution in [0.1, 0.15) is 12.8 Å². The quantitative estimate of drug-likeness (QED) is 0.478. The fraction of sp³-hybridized carbons (Fsp3) is 0.318. The second-order valence-corrected chi connectivity index (χ2v) is 7.94. The minimum Gasteiger partial charge on any atom is -0.480 e.